The van der Waals surface area contributed by atoms with E-state index in [1.807, 2.05) is 64.1 Å². The number of carbonyl (C=O) groups excluding carboxylic acids is 1. The minimum absolute atomic E-state index is 0.0624. The second-order valence-corrected chi connectivity index (χ2v) is 9.81. The van der Waals surface area contributed by atoms with Crippen LogP contribution in [0.25, 0.3) is 10.8 Å². The van der Waals surface area contributed by atoms with Gasteiger partial charge in [0.25, 0.3) is 0 Å². The van der Waals surface area contributed by atoms with Gasteiger partial charge in [-0.05, 0) is 70.9 Å². The topological polar surface area (TPSA) is 65.0 Å². The third-order valence-corrected chi connectivity index (χ3v) is 5.73. The summed E-state index contributed by atoms with van der Waals surface area (Å²) in [7, 11) is -0.746. The van der Waals surface area contributed by atoms with Crippen molar-refractivity contribution in [1.29, 1.82) is 0 Å². The SMILES string of the molecule is CC(C)(C)OC(=O)[C@@](O)(CB1OC(C)(C)C(C)(C)O1)c1ccc2ccccc2c1. The van der Waals surface area contributed by atoms with Crippen LogP contribution < -0.4 is 0 Å². The fourth-order valence-corrected chi connectivity index (χ4v) is 3.42. The molecule has 0 radical (unpaired) electrons. The summed E-state index contributed by atoms with van der Waals surface area (Å²) in [6.07, 6.45) is -0.0624. The molecule has 0 bridgehead atoms. The summed E-state index contributed by atoms with van der Waals surface area (Å²) >= 11 is 0. The molecule has 1 fully saturated rings. The van der Waals surface area contributed by atoms with Crippen molar-refractivity contribution in [2.45, 2.75) is 77.2 Å². The van der Waals surface area contributed by atoms with Crippen molar-refractivity contribution < 1.29 is 23.9 Å². The van der Waals surface area contributed by atoms with Crippen molar-refractivity contribution in [2.75, 3.05) is 0 Å². The lowest BCUT2D eigenvalue weighted by atomic mass is 9.71. The first-order valence-electron chi connectivity index (χ1n) is 10.0. The van der Waals surface area contributed by atoms with E-state index in [1.54, 1.807) is 26.8 Å². The summed E-state index contributed by atoms with van der Waals surface area (Å²) in [6, 6.07) is 13.3. The van der Waals surface area contributed by atoms with Crippen LogP contribution in [0.15, 0.2) is 42.5 Å². The normalized spacial score (nSPS) is 20.5. The number of ether oxygens (including phenoxy) is 1. The average molecular weight is 398 g/mol. The van der Waals surface area contributed by atoms with E-state index in [-0.39, 0.29) is 6.32 Å². The summed E-state index contributed by atoms with van der Waals surface area (Å²) in [5.41, 5.74) is -3.30. The Labute approximate surface area is 173 Å². The van der Waals surface area contributed by atoms with Gasteiger partial charge in [-0.25, -0.2) is 4.79 Å². The molecule has 1 N–H and O–H groups in total. The molecule has 2 aromatic carbocycles. The fourth-order valence-electron chi connectivity index (χ4n) is 3.42. The number of aliphatic hydroxyl groups is 1. The number of carbonyl (C=O) groups is 1. The summed E-state index contributed by atoms with van der Waals surface area (Å²) in [6.45, 7) is 13.1. The van der Waals surface area contributed by atoms with E-state index in [4.69, 9.17) is 14.0 Å². The van der Waals surface area contributed by atoms with E-state index in [9.17, 15) is 9.90 Å². The van der Waals surface area contributed by atoms with Crippen LogP contribution in [0.2, 0.25) is 6.32 Å². The van der Waals surface area contributed by atoms with Gasteiger partial charge < -0.3 is 19.2 Å². The van der Waals surface area contributed by atoms with Crippen molar-refractivity contribution in [3.63, 3.8) is 0 Å². The molecular weight excluding hydrogens is 367 g/mol. The zero-order valence-corrected chi connectivity index (χ0v) is 18.4. The van der Waals surface area contributed by atoms with E-state index >= 15 is 0 Å². The third-order valence-electron chi connectivity index (χ3n) is 5.73. The maximum atomic E-state index is 13.1. The first-order valence-corrected chi connectivity index (χ1v) is 10.0. The van der Waals surface area contributed by atoms with Crippen LogP contribution in [-0.2, 0) is 24.4 Å². The highest BCUT2D eigenvalue weighted by atomic mass is 16.7. The second-order valence-electron chi connectivity index (χ2n) is 9.81. The Kier molecular flexibility index (Phi) is 5.35. The van der Waals surface area contributed by atoms with Crippen LogP contribution in [-0.4, -0.2) is 35.0 Å². The molecule has 0 aromatic heterocycles. The molecule has 1 heterocycles. The lowest BCUT2D eigenvalue weighted by Gasteiger charge is -2.32. The van der Waals surface area contributed by atoms with Crippen LogP contribution in [0.1, 0.15) is 54.0 Å². The summed E-state index contributed by atoms with van der Waals surface area (Å²) in [4.78, 5) is 13.1. The second kappa shape index (κ2) is 7.12. The van der Waals surface area contributed by atoms with E-state index in [1.165, 1.54) is 0 Å². The predicted octanol–water partition coefficient (Wildman–Crippen LogP) is 4.46. The molecule has 0 unspecified atom stereocenters. The monoisotopic (exact) mass is 398 g/mol. The molecular formula is C23H31BO5. The van der Waals surface area contributed by atoms with Crippen LogP contribution in [0.4, 0.5) is 0 Å². The molecule has 0 amide bonds. The molecule has 5 nitrogen and oxygen atoms in total. The lowest BCUT2D eigenvalue weighted by Crippen LogP contribution is -2.44. The highest BCUT2D eigenvalue weighted by Gasteiger charge is 2.55. The maximum absolute atomic E-state index is 13.1. The Morgan fingerprint density at radius 1 is 1.00 bits per heavy atom. The standard InChI is InChI=1S/C23H31BO5/c1-20(2,3)27-19(25)23(26,15-24-28-21(4,5)22(6,7)29-24)18-13-12-16-10-8-9-11-17(16)14-18/h8-14,26H,15H2,1-7H3/t23-/m1/s1. The van der Waals surface area contributed by atoms with Crippen molar-refractivity contribution in [3.8, 4) is 0 Å². The van der Waals surface area contributed by atoms with Gasteiger partial charge in [-0.2, -0.15) is 0 Å². The smallest absolute Gasteiger partial charge is 0.458 e. The number of rotatable bonds is 4. The van der Waals surface area contributed by atoms with Gasteiger partial charge in [0, 0.05) is 6.32 Å². The molecule has 3 rings (SSSR count). The van der Waals surface area contributed by atoms with E-state index in [2.05, 4.69) is 0 Å². The van der Waals surface area contributed by atoms with Crippen molar-refractivity contribution in [1.82, 2.24) is 0 Å². The van der Waals surface area contributed by atoms with Crippen LogP contribution in [0, 0.1) is 0 Å². The highest BCUT2D eigenvalue weighted by Crippen LogP contribution is 2.41. The quantitative estimate of drug-likeness (QED) is 0.609. The molecule has 0 spiro atoms. The molecule has 2 aromatic rings. The zero-order chi connectivity index (χ0) is 21.7. The Balaban J connectivity index is 2.01. The van der Waals surface area contributed by atoms with Gasteiger partial charge in [0.1, 0.15) is 5.60 Å². The Hall–Kier alpha value is -1.89. The lowest BCUT2D eigenvalue weighted by molar-refractivity contribution is -0.176. The number of esters is 1. The molecule has 0 aliphatic carbocycles. The summed E-state index contributed by atoms with van der Waals surface area (Å²) in [5.74, 6) is -0.713. The summed E-state index contributed by atoms with van der Waals surface area (Å²) in [5, 5.41) is 13.6. The largest absolute Gasteiger partial charge is 0.461 e. The van der Waals surface area contributed by atoms with E-state index in [0.29, 0.717) is 5.56 Å². The molecule has 29 heavy (non-hydrogen) atoms. The molecule has 0 saturated carbocycles. The molecule has 1 aliphatic rings. The number of fused-ring (bicyclic) bond motifs is 1. The van der Waals surface area contributed by atoms with Crippen molar-refractivity contribution in [3.05, 3.63) is 48.0 Å². The van der Waals surface area contributed by atoms with Gasteiger partial charge >= 0.3 is 13.1 Å². The van der Waals surface area contributed by atoms with Crippen LogP contribution in [0.3, 0.4) is 0 Å². The Morgan fingerprint density at radius 3 is 2.10 bits per heavy atom. The molecule has 156 valence electrons. The van der Waals surface area contributed by atoms with Gasteiger partial charge in [0.15, 0.2) is 5.60 Å². The first-order chi connectivity index (χ1) is 13.2. The van der Waals surface area contributed by atoms with Gasteiger partial charge in [-0.15, -0.1) is 0 Å². The summed E-state index contributed by atoms with van der Waals surface area (Å²) < 4.78 is 17.7. The molecule has 6 heteroatoms. The zero-order valence-electron chi connectivity index (χ0n) is 18.4. The van der Waals surface area contributed by atoms with E-state index < -0.39 is 35.5 Å². The van der Waals surface area contributed by atoms with Gasteiger partial charge in [0.05, 0.1) is 11.2 Å². The highest BCUT2D eigenvalue weighted by molar-refractivity contribution is 6.46. The average Bonchev–Trinajstić information content (AvgIpc) is 2.79. The molecule has 1 aliphatic heterocycles. The predicted molar refractivity (Wildman–Crippen MR) is 115 cm³/mol. The van der Waals surface area contributed by atoms with Crippen LogP contribution in [0.5, 0.6) is 0 Å². The maximum Gasteiger partial charge on any atom is 0.461 e. The van der Waals surface area contributed by atoms with E-state index in [0.717, 1.165) is 10.8 Å². The molecule has 1 saturated heterocycles. The third kappa shape index (κ3) is 4.35. The van der Waals surface area contributed by atoms with Crippen molar-refractivity contribution >= 4 is 23.9 Å². The number of hydrogen-bond donors (Lipinski definition) is 1. The fraction of sp³-hybridized carbons (Fsp3) is 0.522. The minimum Gasteiger partial charge on any atom is -0.458 e. The minimum atomic E-state index is -1.90. The van der Waals surface area contributed by atoms with Gasteiger partial charge in [-0.3, -0.25) is 0 Å². The van der Waals surface area contributed by atoms with Gasteiger partial charge in [-0.1, -0.05) is 36.4 Å². The van der Waals surface area contributed by atoms with Crippen molar-refractivity contribution in [2.24, 2.45) is 0 Å². The first kappa shape index (κ1) is 21.8. The number of hydrogen-bond acceptors (Lipinski definition) is 5. The Morgan fingerprint density at radius 2 is 1.55 bits per heavy atom. The Bertz CT molecular complexity index is 899. The van der Waals surface area contributed by atoms with Gasteiger partial charge in [0.2, 0.25) is 0 Å². The number of benzene rings is 2. The van der Waals surface area contributed by atoms with Crippen LogP contribution >= 0.6 is 0 Å². The molecule has 1 atom stereocenters.